The van der Waals surface area contributed by atoms with Crippen molar-refractivity contribution in [2.45, 2.75) is 43.1 Å². The maximum Gasteiger partial charge on any atom is 0.191 e. The Morgan fingerprint density at radius 1 is 1.38 bits per heavy atom. The fourth-order valence-corrected chi connectivity index (χ4v) is 3.53. The summed E-state index contributed by atoms with van der Waals surface area (Å²) in [7, 11) is 1.68. The van der Waals surface area contributed by atoms with Gasteiger partial charge in [0.25, 0.3) is 0 Å². The zero-order chi connectivity index (χ0) is 14.8. The Kier molecular flexibility index (Phi) is 4.40. The minimum atomic E-state index is 0.618. The number of ether oxygens (including phenoxy) is 1. The molecule has 1 aliphatic rings. The Bertz CT molecular complexity index is 640. The lowest BCUT2D eigenvalue weighted by molar-refractivity contribution is 0.411. The van der Waals surface area contributed by atoms with Crippen molar-refractivity contribution in [1.29, 1.82) is 0 Å². The molecule has 1 aromatic heterocycles. The van der Waals surface area contributed by atoms with Crippen LogP contribution in [0.25, 0.3) is 0 Å². The third-order valence-corrected chi connectivity index (χ3v) is 4.85. The van der Waals surface area contributed by atoms with E-state index in [1.54, 1.807) is 18.9 Å². The first-order valence-corrected chi connectivity index (χ1v) is 8.47. The molecule has 0 unspecified atom stereocenters. The molecule has 1 aromatic carbocycles. The van der Waals surface area contributed by atoms with Gasteiger partial charge in [-0.05, 0) is 38.0 Å². The summed E-state index contributed by atoms with van der Waals surface area (Å²) in [6.45, 7) is 3.05. The van der Waals surface area contributed by atoms with Crippen molar-refractivity contribution in [3.63, 3.8) is 0 Å². The molecule has 0 N–H and O–H groups in total. The SMILES string of the molecule is CCn1c(SCc2cc(Cl)ccc2OC)nnc1C1CC1. The lowest BCUT2D eigenvalue weighted by Gasteiger charge is -2.09. The van der Waals surface area contributed by atoms with Crippen molar-refractivity contribution in [1.82, 2.24) is 14.8 Å². The molecule has 2 aromatic rings. The Hall–Kier alpha value is -1.20. The highest BCUT2D eigenvalue weighted by molar-refractivity contribution is 7.98. The number of thioether (sulfide) groups is 1. The van der Waals surface area contributed by atoms with E-state index in [0.717, 1.165) is 39.6 Å². The Morgan fingerprint density at radius 3 is 2.86 bits per heavy atom. The van der Waals surface area contributed by atoms with Crippen LogP contribution in [-0.4, -0.2) is 21.9 Å². The zero-order valence-corrected chi connectivity index (χ0v) is 13.7. The normalized spacial score (nSPS) is 14.4. The van der Waals surface area contributed by atoms with E-state index in [2.05, 4.69) is 21.7 Å². The van der Waals surface area contributed by atoms with Gasteiger partial charge in [-0.3, -0.25) is 0 Å². The summed E-state index contributed by atoms with van der Waals surface area (Å²) in [6.07, 6.45) is 2.48. The average Bonchev–Trinajstić information content (AvgIpc) is 3.25. The van der Waals surface area contributed by atoms with E-state index in [-0.39, 0.29) is 0 Å². The van der Waals surface area contributed by atoms with Crippen LogP contribution in [0.15, 0.2) is 23.4 Å². The molecule has 0 amide bonds. The number of benzene rings is 1. The molecule has 4 nitrogen and oxygen atoms in total. The molecule has 3 rings (SSSR count). The maximum absolute atomic E-state index is 6.07. The summed E-state index contributed by atoms with van der Waals surface area (Å²) in [4.78, 5) is 0. The largest absolute Gasteiger partial charge is 0.496 e. The summed E-state index contributed by atoms with van der Waals surface area (Å²) in [5.41, 5.74) is 1.08. The fraction of sp³-hybridized carbons (Fsp3) is 0.467. The van der Waals surface area contributed by atoms with Crippen molar-refractivity contribution < 1.29 is 4.74 Å². The molecule has 1 aliphatic carbocycles. The Balaban J connectivity index is 1.77. The van der Waals surface area contributed by atoms with Crippen LogP contribution >= 0.6 is 23.4 Å². The van der Waals surface area contributed by atoms with Gasteiger partial charge >= 0.3 is 0 Å². The van der Waals surface area contributed by atoms with E-state index in [1.807, 2.05) is 18.2 Å². The second-order valence-electron chi connectivity index (χ2n) is 5.10. The smallest absolute Gasteiger partial charge is 0.191 e. The number of rotatable bonds is 6. The number of methoxy groups -OCH3 is 1. The third-order valence-electron chi connectivity index (χ3n) is 3.60. The summed E-state index contributed by atoms with van der Waals surface area (Å²) in [5, 5.41) is 10.4. The molecule has 0 saturated heterocycles. The fourth-order valence-electron chi connectivity index (χ4n) is 2.35. The topological polar surface area (TPSA) is 39.9 Å². The van der Waals surface area contributed by atoms with Crippen molar-refractivity contribution in [3.05, 3.63) is 34.6 Å². The molecule has 112 valence electrons. The van der Waals surface area contributed by atoms with Crippen LogP contribution in [-0.2, 0) is 12.3 Å². The van der Waals surface area contributed by atoms with Crippen molar-refractivity contribution in [2.24, 2.45) is 0 Å². The van der Waals surface area contributed by atoms with E-state index in [0.29, 0.717) is 5.92 Å². The molecular weight excluding hydrogens is 306 g/mol. The zero-order valence-electron chi connectivity index (χ0n) is 12.2. The monoisotopic (exact) mass is 323 g/mol. The second-order valence-corrected chi connectivity index (χ2v) is 6.48. The highest BCUT2D eigenvalue weighted by Gasteiger charge is 2.29. The maximum atomic E-state index is 6.07. The van der Waals surface area contributed by atoms with Crippen molar-refractivity contribution in [2.75, 3.05) is 7.11 Å². The van der Waals surface area contributed by atoms with E-state index in [9.17, 15) is 0 Å². The van der Waals surface area contributed by atoms with Gasteiger partial charge in [0.05, 0.1) is 7.11 Å². The molecule has 0 spiro atoms. The molecular formula is C15H18ClN3OS. The number of nitrogens with zero attached hydrogens (tertiary/aromatic N) is 3. The Labute approximate surface area is 133 Å². The molecule has 1 saturated carbocycles. The van der Waals surface area contributed by atoms with Crippen LogP contribution in [0, 0.1) is 0 Å². The van der Waals surface area contributed by atoms with Gasteiger partial charge in [-0.1, -0.05) is 23.4 Å². The number of halogens is 1. The summed E-state index contributed by atoms with van der Waals surface area (Å²) in [5.74, 6) is 3.38. The van der Waals surface area contributed by atoms with Gasteiger partial charge in [0.15, 0.2) is 5.16 Å². The van der Waals surface area contributed by atoms with Gasteiger partial charge in [-0.25, -0.2) is 0 Å². The van der Waals surface area contributed by atoms with Crippen molar-refractivity contribution in [3.8, 4) is 5.75 Å². The number of hydrogen-bond donors (Lipinski definition) is 0. The lowest BCUT2D eigenvalue weighted by Crippen LogP contribution is -2.02. The third kappa shape index (κ3) is 3.19. The van der Waals surface area contributed by atoms with Gasteiger partial charge in [-0.2, -0.15) is 0 Å². The van der Waals surface area contributed by atoms with Crippen LogP contribution in [0.4, 0.5) is 0 Å². The average molecular weight is 324 g/mol. The van der Waals surface area contributed by atoms with Crippen LogP contribution < -0.4 is 4.74 Å². The summed E-state index contributed by atoms with van der Waals surface area (Å²) in [6, 6.07) is 5.69. The molecule has 1 heterocycles. The van der Waals surface area contributed by atoms with E-state index < -0.39 is 0 Å². The minimum Gasteiger partial charge on any atom is -0.496 e. The molecule has 0 atom stereocenters. The van der Waals surface area contributed by atoms with E-state index in [4.69, 9.17) is 16.3 Å². The molecule has 0 bridgehead atoms. The number of aromatic nitrogens is 3. The standard InChI is InChI=1S/C15H18ClN3OS/c1-3-19-14(10-4-5-10)17-18-15(19)21-9-11-8-12(16)6-7-13(11)20-2/h6-8,10H,3-5,9H2,1-2H3. The van der Waals surface area contributed by atoms with Gasteiger partial charge in [0.2, 0.25) is 0 Å². The van der Waals surface area contributed by atoms with Gasteiger partial charge in [0.1, 0.15) is 11.6 Å². The molecule has 0 aliphatic heterocycles. The molecule has 21 heavy (non-hydrogen) atoms. The molecule has 6 heteroatoms. The second kappa shape index (κ2) is 6.28. The Morgan fingerprint density at radius 2 is 2.19 bits per heavy atom. The van der Waals surface area contributed by atoms with Crippen LogP contribution in [0.5, 0.6) is 5.75 Å². The molecule has 1 fully saturated rings. The summed E-state index contributed by atoms with van der Waals surface area (Å²) >= 11 is 7.75. The predicted molar refractivity (Wildman–Crippen MR) is 85.2 cm³/mol. The first kappa shape index (κ1) is 14.7. The van der Waals surface area contributed by atoms with Crippen molar-refractivity contribution >= 4 is 23.4 Å². The van der Waals surface area contributed by atoms with Gasteiger partial charge in [-0.15, -0.1) is 10.2 Å². The quantitative estimate of drug-likeness (QED) is 0.749. The first-order chi connectivity index (χ1) is 10.2. The summed E-state index contributed by atoms with van der Waals surface area (Å²) < 4.78 is 7.61. The first-order valence-electron chi connectivity index (χ1n) is 7.11. The van der Waals surface area contributed by atoms with E-state index >= 15 is 0 Å². The predicted octanol–water partition coefficient (Wildman–Crippen LogP) is 4.13. The number of hydrogen-bond acceptors (Lipinski definition) is 4. The molecule has 0 radical (unpaired) electrons. The highest BCUT2D eigenvalue weighted by atomic mass is 35.5. The van der Waals surface area contributed by atoms with E-state index in [1.165, 1.54) is 12.8 Å². The van der Waals surface area contributed by atoms with Crippen LogP contribution in [0.1, 0.15) is 37.1 Å². The highest BCUT2D eigenvalue weighted by Crippen LogP contribution is 2.40. The minimum absolute atomic E-state index is 0.618. The van der Waals surface area contributed by atoms with Gasteiger partial charge in [0, 0.05) is 28.8 Å². The lowest BCUT2D eigenvalue weighted by atomic mass is 10.2. The van der Waals surface area contributed by atoms with Crippen LogP contribution in [0.2, 0.25) is 5.02 Å². The van der Waals surface area contributed by atoms with Crippen LogP contribution in [0.3, 0.4) is 0 Å². The van der Waals surface area contributed by atoms with Gasteiger partial charge < -0.3 is 9.30 Å².